The lowest BCUT2D eigenvalue weighted by Gasteiger charge is -2.02. The first-order valence-corrected chi connectivity index (χ1v) is 6.19. The van der Waals surface area contributed by atoms with Crippen molar-refractivity contribution in [2.45, 2.75) is 20.1 Å². The van der Waals surface area contributed by atoms with Crippen molar-refractivity contribution in [2.24, 2.45) is 0 Å². The third-order valence-electron chi connectivity index (χ3n) is 2.82. The molecular weight excluding hydrogens is 226 g/mol. The van der Waals surface area contributed by atoms with Gasteiger partial charge in [-0.1, -0.05) is 30.4 Å². The molecule has 96 valence electrons. The Labute approximate surface area is 107 Å². The molecule has 0 amide bonds. The zero-order valence-corrected chi connectivity index (χ0v) is 10.9. The Morgan fingerprint density at radius 1 is 1.33 bits per heavy atom. The highest BCUT2D eigenvalue weighted by Gasteiger charge is 2.12. The van der Waals surface area contributed by atoms with Crippen LogP contribution in [0.1, 0.15) is 18.2 Å². The van der Waals surface area contributed by atoms with Gasteiger partial charge in [-0.3, -0.25) is 0 Å². The Hall–Kier alpha value is -1.58. The third-order valence-corrected chi connectivity index (χ3v) is 2.82. The van der Waals surface area contributed by atoms with Crippen LogP contribution in [-0.4, -0.2) is 13.7 Å². The largest absolute Gasteiger partial charge is 0.458 e. The maximum absolute atomic E-state index is 5.84. The van der Waals surface area contributed by atoms with Crippen molar-refractivity contribution in [3.63, 3.8) is 0 Å². The number of para-hydroxylation sites is 1. The average Bonchev–Trinajstić information content (AvgIpc) is 2.74. The predicted octanol–water partition coefficient (Wildman–Crippen LogP) is 3.24. The standard InChI is InChI=1S/C15H19NO2/c1-3-4-9-17-11-15-13(10-16-2)12-7-5-6-8-14(12)18-15/h3-8,16H,9-11H2,1-2H3. The molecule has 1 heterocycles. The number of furan rings is 1. The summed E-state index contributed by atoms with van der Waals surface area (Å²) in [5.41, 5.74) is 2.11. The molecule has 0 saturated heterocycles. The molecular formula is C15H19NO2. The van der Waals surface area contributed by atoms with E-state index in [0.717, 1.165) is 23.3 Å². The summed E-state index contributed by atoms with van der Waals surface area (Å²) >= 11 is 0. The van der Waals surface area contributed by atoms with Crippen LogP contribution in [0.5, 0.6) is 0 Å². The van der Waals surface area contributed by atoms with Crippen molar-refractivity contribution in [2.75, 3.05) is 13.7 Å². The number of nitrogens with one attached hydrogen (secondary N) is 1. The van der Waals surface area contributed by atoms with E-state index in [9.17, 15) is 0 Å². The Kier molecular flexibility index (Phi) is 4.56. The Morgan fingerprint density at radius 3 is 2.94 bits per heavy atom. The first-order valence-electron chi connectivity index (χ1n) is 6.19. The van der Waals surface area contributed by atoms with E-state index in [1.807, 2.05) is 44.3 Å². The quantitative estimate of drug-likeness (QED) is 0.626. The van der Waals surface area contributed by atoms with Crippen molar-refractivity contribution in [3.8, 4) is 0 Å². The van der Waals surface area contributed by atoms with Crippen LogP contribution in [0.15, 0.2) is 40.8 Å². The van der Waals surface area contributed by atoms with Gasteiger partial charge in [-0.25, -0.2) is 0 Å². The molecule has 1 N–H and O–H groups in total. The lowest BCUT2D eigenvalue weighted by atomic mass is 10.1. The van der Waals surface area contributed by atoms with Crippen LogP contribution in [0.3, 0.4) is 0 Å². The molecule has 1 aromatic heterocycles. The highest BCUT2D eigenvalue weighted by Crippen LogP contribution is 2.26. The molecule has 0 fully saturated rings. The first-order chi connectivity index (χ1) is 8.86. The van der Waals surface area contributed by atoms with E-state index in [4.69, 9.17) is 9.15 Å². The zero-order valence-electron chi connectivity index (χ0n) is 10.9. The van der Waals surface area contributed by atoms with Crippen molar-refractivity contribution in [1.29, 1.82) is 0 Å². The second-order valence-electron chi connectivity index (χ2n) is 4.11. The van der Waals surface area contributed by atoms with Gasteiger partial charge < -0.3 is 14.5 Å². The minimum absolute atomic E-state index is 0.510. The molecule has 0 saturated carbocycles. The second kappa shape index (κ2) is 6.38. The number of rotatable bonds is 6. The molecule has 0 aliphatic rings. The van der Waals surface area contributed by atoms with E-state index in [0.29, 0.717) is 13.2 Å². The van der Waals surface area contributed by atoms with Crippen molar-refractivity contribution in [3.05, 3.63) is 47.7 Å². The van der Waals surface area contributed by atoms with Gasteiger partial charge in [-0.2, -0.15) is 0 Å². The van der Waals surface area contributed by atoms with Crippen LogP contribution in [0.4, 0.5) is 0 Å². The molecule has 1 aromatic carbocycles. The number of hydrogen-bond donors (Lipinski definition) is 1. The van der Waals surface area contributed by atoms with E-state index in [1.165, 1.54) is 5.56 Å². The SMILES string of the molecule is CC=CCOCc1oc2ccccc2c1CNC. The zero-order chi connectivity index (χ0) is 12.8. The van der Waals surface area contributed by atoms with Gasteiger partial charge in [0.25, 0.3) is 0 Å². The van der Waals surface area contributed by atoms with E-state index >= 15 is 0 Å². The number of ether oxygens (including phenoxy) is 1. The maximum Gasteiger partial charge on any atom is 0.135 e. The van der Waals surface area contributed by atoms with Crippen molar-refractivity contribution < 1.29 is 9.15 Å². The van der Waals surface area contributed by atoms with Crippen LogP contribution in [-0.2, 0) is 17.9 Å². The van der Waals surface area contributed by atoms with Crippen LogP contribution >= 0.6 is 0 Å². The predicted molar refractivity (Wildman–Crippen MR) is 73.4 cm³/mol. The van der Waals surface area contributed by atoms with E-state index < -0.39 is 0 Å². The molecule has 0 spiro atoms. The fourth-order valence-electron chi connectivity index (χ4n) is 1.95. The Balaban J connectivity index is 2.22. The summed E-state index contributed by atoms with van der Waals surface area (Å²) in [5, 5.41) is 4.34. The number of hydrogen-bond acceptors (Lipinski definition) is 3. The van der Waals surface area contributed by atoms with Crippen molar-refractivity contribution >= 4 is 11.0 Å². The molecule has 0 aliphatic carbocycles. The monoisotopic (exact) mass is 245 g/mol. The highest BCUT2D eigenvalue weighted by molar-refractivity contribution is 5.82. The Bertz CT molecular complexity index is 528. The molecule has 2 rings (SSSR count). The fourth-order valence-corrected chi connectivity index (χ4v) is 1.95. The summed E-state index contributed by atoms with van der Waals surface area (Å²) in [6.45, 7) is 3.90. The fraction of sp³-hybridized carbons (Fsp3) is 0.333. The number of allylic oxidation sites excluding steroid dienone is 1. The van der Waals surface area contributed by atoms with Gasteiger partial charge in [-0.05, 0) is 20.0 Å². The van der Waals surface area contributed by atoms with Gasteiger partial charge in [-0.15, -0.1) is 0 Å². The normalized spacial score (nSPS) is 11.7. The van der Waals surface area contributed by atoms with Crippen LogP contribution in [0.2, 0.25) is 0 Å². The second-order valence-corrected chi connectivity index (χ2v) is 4.11. The van der Waals surface area contributed by atoms with E-state index in [2.05, 4.69) is 11.4 Å². The summed E-state index contributed by atoms with van der Waals surface area (Å²) in [7, 11) is 1.94. The minimum Gasteiger partial charge on any atom is -0.458 e. The summed E-state index contributed by atoms with van der Waals surface area (Å²) in [4.78, 5) is 0. The molecule has 3 nitrogen and oxygen atoms in total. The molecule has 18 heavy (non-hydrogen) atoms. The topological polar surface area (TPSA) is 34.4 Å². The van der Waals surface area contributed by atoms with Gasteiger partial charge in [0.15, 0.2) is 0 Å². The van der Waals surface area contributed by atoms with Gasteiger partial charge in [0.05, 0.1) is 6.61 Å². The lowest BCUT2D eigenvalue weighted by Crippen LogP contribution is -2.07. The van der Waals surface area contributed by atoms with Crippen LogP contribution in [0.25, 0.3) is 11.0 Å². The summed E-state index contributed by atoms with van der Waals surface area (Å²) in [6, 6.07) is 8.09. The van der Waals surface area contributed by atoms with E-state index in [1.54, 1.807) is 0 Å². The van der Waals surface area contributed by atoms with Gasteiger partial charge in [0.2, 0.25) is 0 Å². The minimum atomic E-state index is 0.510. The van der Waals surface area contributed by atoms with E-state index in [-0.39, 0.29) is 0 Å². The van der Waals surface area contributed by atoms with Gasteiger partial charge in [0.1, 0.15) is 18.0 Å². The third kappa shape index (κ3) is 2.81. The smallest absolute Gasteiger partial charge is 0.135 e. The van der Waals surface area contributed by atoms with Crippen LogP contribution in [0, 0.1) is 0 Å². The number of fused-ring (bicyclic) bond motifs is 1. The van der Waals surface area contributed by atoms with Gasteiger partial charge >= 0.3 is 0 Å². The summed E-state index contributed by atoms with van der Waals surface area (Å²) in [5.74, 6) is 0.912. The molecule has 0 bridgehead atoms. The average molecular weight is 245 g/mol. The first kappa shape index (κ1) is 12.9. The highest BCUT2D eigenvalue weighted by atomic mass is 16.5. The molecule has 0 aliphatic heterocycles. The van der Waals surface area contributed by atoms with Crippen molar-refractivity contribution in [1.82, 2.24) is 5.32 Å². The lowest BCUT2D eigenvalue weighted by molar-refractivity contribution is 0.132. The molecule has 3 heteroatoms. The molecule has 0 radical (unpaired) electrons. The molecule has 0 unspecified atom stereocenters. The molecule has 2 aromatic rings. The van der Waals surface area contributed by atoms with Crippen LogP contribution < -0.4 is 5.32 Å². The Morgan fingerprint density at radius 2 is 2.17 bits per heavy atom. The maximum atomic E-state index is 5.84. The summed E-state index contributed by atoms with van der Waals surface area (Å²) < 4.78 is 11.4. The molecule has 0 atom stereocenters. The summed E-state index contributed by atoms with van der Waals surface area (Å²) in [6.07, 6.45) is 3.97. The van der Waals surface area contributed by atoms with Gasteiger partial charge in [0, 0.05) is 17.5 Å². The number of benzene rings is 1.